The number of nitrogens with zero attached hydrogens (tertiary/aromatic N) is 1. The predicted octanol–water partition coefficient (Wildman–Crippen LogP) is 4.48. The van der Waals surface area contributed by atoms with Crippen molar-refractivity contribution >= 4 is 83.5 Å². The number of ketones is 1. The first-order valence-electron chi connectivity index (χ1n) is 18.3. The Labute approximate surface area is 357 Å². The Morgan fingerprint density at radius 1 is 0.643 bits per heavy atom. The van der Waals surface area contributed by atoms with Gasteiger partial charge in [-0.3, -0.25) is 24.0 Å². The number of amides is 2. The summed E-state index contributed by atoms with van der Waals surface area (Å²) in [5.74, 6) is -2.39. The number of nitrogens with one attached hydrogen (secondary N) is 2. The normalized spacial score (nSPS) is 13.1. The molecular weight excluding hydrogens is 934 g/mol. The molecule has 0 aliphatic carbocycles. The van der Waals surface area contributed by atoms with Crippen molar-refractivity contribution in [2.75, 3.05) is 86.6 Å². The molecule has 0 aliphatic heterocycles. The highest BCUT2D eigenvalue weighted by atomic mass is 79.9. The Hall–Kier alpha value is -1.90. The van der Waals surface area contributed by atoms with Gasteiger partial charge in [0.25, 0.3) is 0 Å². The second-order valence-electron chi connectivity index (χ2n) is 16.1. The van der Waals surface area contributed by atoms with Crippen molar-refractivity contribution < 1.29 is 61.9 Å². The van der Waals surface area contributed by atoms with E-state index in [4.69, 9.17) is 33.2 Å². The molecule has 0 rings (SSSR count). The summed E-state index contributed by atoms with van der Waals surface area (Å²) in [6.45, 7) is 15.1. The van der Waals surface area contributed by atoms with Gasteiger partial charge in [-0.25, -0.2) is 4.79 Å². The summed E-state index contributed by atoms with van der Waals surface area (Å²) in [7, 11) is 3.75. The highest BCUT2D eigenvalue weighted by molar-refractivity contribution is 9.10. The monoisotopic (exact) mass is 995 g/mol. The van der Waals surface area contributed by atoms with Crippen LogP contribution in [0.4, 0.5) is 4.79 Å². The van der Waals surface area contributed by atoms with E-state index in [-0.39, 0.29) is 84.1 Å². The molecule has 2 amide bonds. The number of rotatable bonds is 28. The maximum absolute atomic E-state index is 12.7. The lowest BCUT2D eigenvalue weighted by Crippen LogP contribution is -2.49. The average Bonchev–Trinajstić information content (AvgIpc) is 3.04. The molecule has 0 aromatic heterocycles. The lowest BCUT2D eigenvalue weighted by molar-refractivity contribution is -0.170. The molecule has 1 unspecified atom stereocenters. The fourth-order valence-corrected chi connectivity index (χ4v) is 4.39. The molecule has 0 saturated heterocycles. The molecule has 0 heterocycles. The second-order valence-corrected chi connectivity index (χ2v) is 22.0. The van der Waals surface area contributed by atoms with Crippen molar-refractivity contribution in [3.63, 3.8) is 0 Å². The molecule has 0 bridgehead atoms. The van der Waals surface area contributed by atoms with Crippen LogP contribution in [0.25, 0.3) is 0 Å². The van der Waals surface area contributed by atoms with Crippen molar-refractivity contribution in [1.82, 2.24) is 15.5 Å². The van der Waals surface area contributed by atoms with Gasteiger partial charge in [-0.2, -0.15) is 0 Å². The Morgan fingerprint density at radius 3 is 1.54 bits per heavy atom. The third-order valence-corrected chi connectivity index (χ3v) is 8.16. The molecule has 0 saturated carbocycles. The molecule has 0 spiro atoms. The standard InChI is InChI=1S/C37H64Br3N3O13/c1-33(2,3)56-32(49)42-27(14-16-43(10)11)28(45)41-15-18-51-20-19-50-17-12-13-26(44)21-52-22-37(23-53-29(46)34(4,5)38,24-54-30(47)35(6,7)39)25-55-31(48)36(8,9)40/h27H,12-25H2,1-11H3,(H,41,45)(H,42,49). The van der Waals surface area contributed by atoms with E-state index in [9.17, 15) is 28.8 Å². The molecule has 0 aromatic rings. The minimum Gasteiger partial charge on any atom is -0.464 e. The maximum Gasteiger partial charge on any atom is 0.408 e. The van der Waals surface area contributed by atoms with Crippen molar-refractivity contribution in [2.45, 2.75) is 106 Å². The zero-order valence-corrected chi connectivity index (χ0v) is 39.6. The van der Waals surface area contributed by atoms with Gasteiger partial charge in [-0.15, -0.1) is 0 Å². The first-order valence-corrected chi connectivity index (χ1v) is 20.7. The van der Waals surface area contributed by atoms with Crippen LogP contribution in [0.3, 0.4) is 0 Å². The molecular formula is C37H64Br3N3O13. The van der Waals surface area contributed by atoms with Crippen LogP contribution in [-0.2, 0) is 57.1 Å². The van der Waals surface area contributed by atoms with Gasteiger partial charge < -0.3 is 48.7 Å². The van der Waals surface area contributed by atoms with E-state index in [2.05, 4.69) is 58.4 Å². The Kier molecular flexibility index (Phi) is 24.7. The van der Waals surface area contributed by atoms with Crippen molar-refractivity contribution in [1.29, 1.82) is 0 Å². The number of hydrogen-bond donors (Lipinski definition) is 2. The van der Waals surface area contributed by atoms with E-state index in [1.807, 2.05) is 19.0 Å². The van der Waals surface area contributed by atoms with Gasteiger partial charge in [-0.1, -0.05) is 47.8 Å². The lowest BCUT2D eigenvalue weighted by Gasteiger charge is -2.34. The SMILES string of the molecule is CN(C)CCC(NC(=O)OC(C)(C)C)C(=O)NCCOCCOCCCC(=O)COCC(COC(=O)C(C)(C)Br)(COC(=O)C(C)(C)Br)COC(=O)C(C)(C)Br. The smallest absolute Gasteiger partial charge is 0.408 e. The zero-order valence-electron chi connectivity index (χ0n) is 34.9. The number of alkyl halides is 3. The number of carbonyl (C=O) groups is 6. The largest absolute Gasteiger partial charge is 0.464 e. The predicted molar refractivity (Wildman–Crippen MR) is 220 cm³/mol. The summed E-state index contributed by atoms with van der Waals surface area (Å²) in [6.07, 6.45) is 0.296. The van der Waals surface area contributed by atoms with Crippen molar-refractivity contribution in [2.24, 2.45) is 5.41 Å². The summed E-state index contributed by atoms with van der Waals surface area (Å²) in [5.41, 5.74) is -2.03. The van der Waals surface area contributed by atoms with Crippen LogP contribution >= 0.6 is 47.8 Å². The second kappa shape index (κ2) is 25.6. The maximum atomic E-state index is 12.7. The fourth-order valence-electron chi connectivity index (χ4n) is 4.04. The molecule has 2 N–H and O–H groups in total. The van der Waals surface area contributed by atoms with Gasteiger partial charge in [0, 0.05) is 19.6 Å². The molecule has 326 valence electrons. The number of hydrogen-bond acceptors (Lipinski definition) is 14. The molecule has 0 aromatic carbocycles. The summed E-state index contributed by atoms with van der Waals surface area (Å²) >= 11 is 9.79. The topological polar surface area (TPSA) is 194 Å². The van der Waals surface area contributed by atoms with Crippen LogP contribution in [0.5, 0.6) is 0 Å². The fraction of sp³-hybridized carbons (Fsp3) is 0.838. The first kappa shape index (κ1) is 54.1. The lowest BCUT2D eigenvalue weighted by atomic mass is 9.91. The van der Waals surface area contributed by atoms with Gasteiger partial charge in [-0.05, 0) is 95.8 Å². The average molecular weight is 999 g/mol. The molecule has 0 fully saturated rings. The van der Waals surface area contributed by atoms with E-state index in [0.717, 1.165) is 0 Å². The Bertz CT molecular complexity index is 1180. The minimum atomic E-state index is -1.34. The number of ether oxygens (including phenoxy) is 7. The van der Waals surface area contributed by atoms with Gasteiger partial charge in [0.05, 0.1) is 31.8 Å². The summed E-state index contributed by atoms with van der Waals surface area (Å²) in [4.78, 5) is 77.5. The number of Topliss-reactive ketones (excluding diaryl/α,β-unsaturated/α-hetero) is 1. The minimum absolute atomic E-state index is 0.151. The van der Waals surface area contributed by atoms with Crippen LogP contribution in [0.15, 0.2) is 0 Å². The molecule has 16 nitrogen and oxygen atoms in total. The van der Waals surface area contributed by atoms with E-state index in [0.29, 0.717) is 19.4 Å². The molecule has 0 radical (unpaired) electrons. The summed E-state index contributed by atoms with van der Waals surface area (Å²) < 4.78 is 35.7. The van der Waals surface area contributed by atoms with Gasteiger partial charge in [0.1, 0.15) is 51.0 Å². The van der Waals surface area contributed by atoms with E-state index in [1.165, 1.54) is 0 Å². The van der Waals surface area contributed by atoms with E-state index in [1.54, 1.807) is 62.3 Å². The zero-order chi connectivity index (χ0) is 43.4. The highest BCUT2D eigenvalue weighted by Gasteiger charge is 2.41. The van der Waals surface area contributed by atoms with Crippen LogP contribution in [-0.4, -0.2) is 152 Å². The molecule has 56 heavy (non-hydrogen) atoms. The van der Waals surface area contributed by atoms with Gasteiger partial charge in [0.2, 0.25) is 5.91 Å². The number of alkyl carbamates (subject to hydrolysis) is 1. The van der Waals surface area contributed by atoms with Gasteiger partial charge in [0.15, 0.2) is 5.78 Å². The third-order valence-electron chi connectivity index (χ3n) is 7.19. The van der Waals surface area contributed by atoms with Crippen molar-refractivity contribution in [3.05, 3.63) is 0 Å². The van der Waals surface area contributed by atoms with Crippen LogP contribution in [0.1, 0.15) is 81.6 Å². The summed E-state index contributed by atoms with van der Waals surface area (Å²) in [5, 5.41) is 5.39. The van der Waals surface area contributed by atoms with E-state index >= 15 is 0 Å². The summed E-state index contributed by atoms with van der Waals surface area (Å²) in [6, 6.07) is -0.768. The number of halogens is 3. The molecule has 0 aliphatic rings. The number of carbonyl (C=O) groups excluding carboxylic acids is 6. The molecule has 19 heteroatoms. The van der Waals surface area contributed by atoms with Crippen LogP contribution in [0, 0.1) is 5.41 Å². The third kappa shape index (κ3) is 26.2. The van der Waals surface area contributed by atoms with Crippen LogP contribution in [0.2, 0.25) is 0 Å². The first-order chi connectivity index (χ1) is 25.6. The highest BCUT2D eigenvalue weighted by Crippen LogP contribution is 2.28. The quantitative estimate of drug-likeness (QED) is 0.0482. The Balaban J connectivity index is 4.93. The van der Waals surface area contributed by atoms with E-state index < -0.39 is 54.0 Å². The van der Waals surface area contributed by atoms with Crippen LogP contribution < -0.4 is 10.6 Å². The van der Waals surface area contributed by atoms with Gasteiger partial charge >= 0.3 is 24.0 Å². The van der Waals surface area contributed by atoms with Crippen molar-refractivity contribution in [3.8, 4) is 0 Å². The Morgan fingerprint density at radius 2 is 1.11 bits per heavy atom. The molecule has 1 atom stereocenters. The number of esters is 3.